The highest BCUT2D eigenvalue weighted by Crippen LogP contribution is 2.13. The molecule has 4 nitrogen and oxygen atoms in total. The predicted molar refractivity (Wildman–Crippen MR) is 65.2 cm³/mol. The maximum atomic E-state index is 11.6. The summed E-state index contributed by atoms with van der Waals surface area (Å²) in [4.78, 5) is 22.5. The second kappa shape index (κ2) is 8.39. The molecule has 1 unspecified atom stereocenters. The van der Waals surface area contributed by atoms with Crippen LogP contribution in [-0.2, 0) is 9.59 Å². The van der Waals surface area contributed by atoms with E-state index in [-0.39, 0.29) is 11.8 Å². The molecule has 0 aromatic carbocycles. The first kappa shape index (κ1) is 15.2. The molecule has 3 N–H and O–H groups in total. The molecule has 0 bridgehead atoms. The normalized spacial score (nSPS) is 14.2. The van der Waals surface area contributed by atoms with Gasteiger partial charge in [0.25, 0.3) is 0 Å². The molecule has 0 aromatic heterocycles. The van der Waals surface area contributed by atoms with Gasteiger partial charge in [-0.2, -0.15) is 0 Å². The molecule has 0 heterocycles. The predicted octanol–water partition coefficient (Wildman–Crippen LogP) is 1.41. The van der Waals surface area contributed by atoms with Crippen LogP contribution in [0.5, 0.6) is 0 Å². The van der Waals surface area contributed by atoms with Crippen LogP contribution in [0.4, 0.5) is 0 Å². The summed E-state index contributed by atoms with van der Waals surface area (Å²) in [7, 11) is 0. The number of rotatable bonds is 8. The lowest BCUT2D eigenvalue weighted by molar-refractivity contribution is -0.127. The van der Waals surface area contributed by atoms with Crippen LogP contribution in [0.1, 0.15) is 39.5 Å². The van der Waals surface area contributed by atoms with Crippen LogP contribution in [0.3, 0.4) is 0 Å². The highest BCUT2D eigenvalue weighted by Gasteiger charge is 2.18. The minimum absolute atomic E-state index is 0.148. The van der Waals surface area contributed by atoms with E-state index in [0.29, 0.717) is 18.7 Å². The van der Waals surface area contributed by atoms with Gasteiger partial charge in [0.2, 0.25) is 11.8 Å². The zero-order valence-electron chi connectivity index (χ0n) is 9.96. The van der Waals surface area contributed by atoms with E-state index in [9.17, 15) is 9.59 Å². The van der Waals surface area contributed by atoms with Crippen LogP contribution in [0.2, 0.25) is 0 Å². The molecule has 2 atom stereocenters. The number of carbonyl (C=O) groups is 2. The summed E-state index contributed by atoms with van der Waals surface area (Å²) in [5, 5.41) is 2.62. The number of halogens is 1. The van der Waals surface area contributed by atoms with E-state index in [0.717, 1.165) is 12.8 Å². The van der Waals surface area contributed by atoms with E-state index in [1.165, 1.54) is 0 Å². The van der Waals surface area contributed by atoms with Crippen LogP contribution in [-0.4, -0.2) is 23.7 Å². The molecule has 0 aliphatic heterocycles. The van der Waals surface area contributed by atoms with Gasteiger partial charge in [0.05, 0.1) is 0 Å². The Hall–Kier alpha value is -0.770. The maximum Gasteiger partial charge on any atom is 0.239 e. The number of carbonyl (C=O) groups excluding carboxylic acids is 2. The molecule has 5 heteroatoms. The number of hydrogen-bond donors (Lipinski definition) is 2. The molecule has 94 valence electrons. The average molecular weight is 249 g/mol. The first-order valence-electron chi connectivity index (χ1n) is 5.69. The molecule has 0 aromatic rings. The first-order chi connectivity index (χ1) is 7.54. The van der Waals surface area contributed by atoms with E-state index in [1.807, 2.05) is 0 Å². The Bertz CT molecular complexity index is 234. The van der Waals surface area contributed by atoms with E-state index >= 15 is 0 Å². The van der Waals surface area contributed by atoms with Gasteiger partial charge in [-0.1, -0.05) is 20.3 Å². The van der Waals surface area contributed by atoms with Gasteiger partial charge in [0, 0.05) is 12.3 Å². The van der Waals surface area contributed by atoms with Crippen molar-refractivity contribution in [3.63, 3.8) is 0 Å². The monoisotopic (exact) mass is 248 g/mol. The van der Waals surface area contributed by atoms with Crippen molar-refractivity contribution < 1.29 is 9.59 Å². The third-order valence-electron chi connectivity index (χ3n) is 2.48. The lowest BCUT2D eigenvalue weighted by Gasteiger charge is -2.16. The summed E-state index contributed by atoms with van der Waals surface area (Å²) in [6.45, 7) is 3.86. The Labute approximate surface area is 102 Å². The van der Waals surface area contributed by atoms with Crippen molar-refractivity contribution in [2.75, 3.05) is 5.88 Å². The molecular weight excluding hydrogens is 228 g/mol. The fourth-order valence-corrected chi connectivity index (χ4v) is 1.80. The molecule has 0 fully saturated rings. The Morgan fingerprint density at radius 1 is 1.38 bits per heavy atom. The van der Waals surface area contributed by atoms with Gasteiger partial charge in [-0.05, 0) is 18.8 Å². The number of nitrogens with one attached hydrogen (secondary N) is 1. The Morgan fingerprint density at radius 2 is 2.00 bits per heavy atom. The van der Waals surface area contributed by atoms with Crippen molar-refractivity contribution in [3.05, 3.63) is 0 Å². The molecule has 16 heavy (non-hydrogen) atoms. The van der Waals surface area contributed by atoms with E-state index < -0.39 is 11.9 Å². The highest BCUT2D eigenvalue weighted by atomic mass is 35.5. The van der Waals surface area contributed by atoms with Gasteiger partial charge in [-0.25, -0.2) is 0 Å². The summed E-state index contributed by atoms with van der Waals surface area (Å²) in [6, 6.07) is -0.565. The average Bonchev–Trinajstić information content (AvgIpc) is 2.24. The number of amides is 2. The summed E-state index contributed by atoms with van der Waals surface area (Å²) in [5.41, 5.74) is 5.14. The molecule has 2 amide bonds. The lowest BCUT2D eigenvalue weighted by Crippen LogP contribution is -2.44. The standard InChI is InChI=1S/C11H21ClN2O2/c1-3-5-8(7-12)6-10(15)14-9(4-2)11(13)16/h8-9H,3-7H2,1-2H3,(H2,13,16)(H,14,15)/t8-,9?/m1/s1. The first-order valence-corrected chi connectivity index (χ1v) is 6.23. The van der Waals surface area contributed by atoms with Crippen molar-refractivity contribution in [1.29, 1.82) is 0 Å². The van der Waals surface area contributed by atoms with Gasteiger partial charge < -0.3 is 11.1 Å². The SMILES string of the molecule is CCC[C@@H](CCl)CC(=O)NC(CC)C(N)=O. The zero-order valence-corrected chi connectivity index (χ0v) is 10.7. The number of alkyl halides is 1. The number of primary amides is 1. The van der Waals surface area contributed by atoms with E-state index in [4.69, 9.17) is 17.3 Å². The van der Waals surface area contributed by atoms with Crippen LogP contribution in [0.25, 0.3) is 0 Å². The Balaban J connectivity index is 4.09. The molecule has 0 aliphatic carbocycles. The fourth-order valence-electron chi connectivity index (χ4n) is 1.53. The second-order valence-electron chi connectivity index (χ2n) is 3.94. The van der Waals surface area contributed by atoms with Crippen molar-refractivity contribution in [1.82, 2.24) is 5.32 Å². The molecule has 0 rings (SSSR count). The Morgan fingerprint density at radius 3 is 2.38 bits per heavy atom. The number of nitrogens with two attached hydrogens (primary N) is 1. The Kier molecular flexibility index (Phi) is 7.99. The van der Waals surface area contributed by atoms with Crippen LogP contribution in [0, 0.1) is 5.92 Å². The van der Waals surface area contributed by atoms with Gasteiger partial charge in [0.15, 0.2) is 0 Å². The van der Waals surface area contributed by atoms with Crippen LogP contribution in [0.15, 0.2) is 0 Å². The lowest BCUT2D eigenvalue weighted by atomic mass is 10.0. The van der Waals surface area contributed by atoms with Gasteiger partial charge >= 0.3 is 0 Å². The number of hydrogen-bond acceptors (Lipinski definition) is 2. The topological polar surface area (TPSA) is 72.2 Å². The maximum absolute atomic E-state index is 11.6. The molecule has 0 saturated carbocycles. The van der Waals surface area contributed by atoms with Crippen molar-refractivity contribution >= 4 is 23.4 Å². The minimum Gasteiger partial charge on any atom is -0.368 e. The summed E-state index contributed by atoms with van der Waals surface area (Å²) < 4.78 is 0. The molecule has 0 radical (unpaired) electrons. The van der Waals surface area contributed by atoms with Crippen molar-refractivity contribution in [2.24, 2.45) is 11.7 Å². The smallest absolute Gasteiger partial charge is 0.239 e. The van der Waals surface area contributed by atoms with Gasteiger partial charge in [-0.3, -0.25) is 9.59 Å². The molecule has 0 spiro atoms. The quantitative estimate of drug-likeness (QED) is 0.638. The fraction of sp³-hybridized carbons (Fsp3) is 0.818. The van der Waals surface area contributed by atoms with Crippen molar-refractivity contribution in [2.45, 2.75) is 45.6 Å². The minimum atomic E-state index is -0.565. The molecular formula is C11H21ClN2O2. The third-order valence-corrected chi connectivity index (χ3v) is 2.91. The summed E-state index contributed by atoms with van der Waals surface area (Å²) >= 11 is 5.75. The van der Waals surface area contributed by atoms with Gasteiger partial charge in [-0.15, -0.1) is 11.6 Å². The largest absolute Gasteiger partial charge is 0.368 e. The summed E-state index contributed by atoms with van der Waals surface area (Å²) in [6.07, 6.45) is 2.80. The van der Waals surface area contributed by atoms with Crippen molar-refractivity contribution in [3.8, 4) is 0 Å². The van der Waals surface area contributed by atoms with E-state index in [2.05, 4.69) is 12.2 Å². The van der Waals surface area contributed by atoms with Crippen LogP contribution >= 0.6 is 11.6 Å². The second-order valence-corrected chi connectivity index (χ2v) is 4.25. The van der Waals surface area contributed by atoms with Crippen LogP contribution < -0.4 is 11.1 Å². The molecule has 0 aliphatic rings. The zero-order chi connectivity index (χ0) is 12.6. The highest BCUT2D eigenvalue weighted by molar-refractivity contribution is 6.18. The molecule has 0 saturated heterocycles. The summed E-state index contributed by atoms with van der Waals surface area (Å²) in [5.74, 6) is 0.00445. The third kappa shape index (κ3) is 5.95. The van der Waals surface area contributed by atoms with E-state index in [1.54, 1.807) is 6.92 Å². The van der Waals surface area contributed by atoms with Gasteiger partial charge in [0.1, 0.15) is 6.04 Å².